The zero-order valence-electron chi connectivity index (χ0n) is 9.19. The van der Waals surface area contributed by atoms with E-state index in [0.29, 0.717) is 12.8 Å². The molecule has 0 aromatic rings. The summed E-state index contributed by atoms with van der Waals surface area (Å²) < 4.78 is 40.8. The van der Waals surface area contributed by atoms with Crippen LogP contribution in [0.3, 0.4) is 0 Å². The molecule has 0 aromatic heterocycles. The van der Waals surface area contributed by atoms with Gasteiger partial charge in [0.15, 0.2) is 0 Å². The molecule has 1 N–H and O–H groups in total. The molecule has 1 rings (SSSR count). The van der Waals surface area contributed by atoms with Crippen LogP contribution in [0.15, 0.2) is 11.3 Å². The van der Waals surface area contributed by atoms with E-state index in [2.05, 4.69) is 0 Å². The Morgan fingerprint density at radius 2 is 2.00 bits per heavy atom. The first kappa shape index (κ1) is 13.5. The maximum atomic E-state index is 12.0. The van der Waals surface area contributed by atoms with E-state index in [1.54, 1.807) is 12.2 Å². The maximum Gasteiger partial charge on any atom is 0.471 e. The second-order valence-electron chi connectivity index (χ2n) is 3.48. The summed E-state index contributed by atoms with van der Waals surface area (Å²) >= 11 is 0. The molecule has 1 aliphatic rings. The molecule has 0 atom stereocenters. The minimum Gasteiger partial charge on any atom is -0.463 e. The molecule has 17 heavy (non-hydrogen) atoms. The number of alkyl halides is 3. The van der Waals surface area contributed by atoms with Crippen LogP contribution in [0.2, 0.25) is 0 Å². The van der Waals surface area contributed by atoms with Gasteiger partial charge in [0.1, 0.15) is 0 Å². The standard InChI is InChI=1S/C10H12F3NO3/c1-2-17-8(15)6-4-3-5-7(6)14-9(16)10(11,12)13/h2-5H2,1H3,(H,14,16). The molecule has 0 unspecified atom stereocenters. The van der Waals surface area contributed by atoms with Crippen LogP contribution in [-0.2, 0) is 14.3 Å². The SMILES string of the molecule is CCOC(=O)C1=C(NC(=O)C(F)(F)F)CCC1. The van der Waals surface area contributed by atoms with Gasteiger partial charge in [-0.15, -0.1) is 0 Å². The number of amides is 1. The van der Waals surface area contributed by atoms with Gasteiger partial charge >= 0.3 is 18.1 Å². The van der Waals surface area contributed by atoms with E-state index in [9.17, 15) is 22.8 Å². The van der Waals surface area contributed by atoms with Gasteiger partial charge in [-0.3, -0.25) is 4.79 Å². The Hall–Kier alpha value is -1.53. The fraction of sp³-hybridized carbons (Fsp3) is 0.600. The summed E-state index contributed by atoms with van der Waals surface area (Å²) in [4.78, 5) is 22.1. The molecule has 0 bridgehead atoms. The lowest BCUT2D eigenvalue weighted by molar-refractivity contribution is -0.172. The first-order valence-electron chi connectivity index (χ1n) is 5.13. The molecule has 0 fully saturated rings. The Balaban J connectivity index is 2.77. The number of rotatable bonds is 3. The Labute approximate surface area is 95.8 Å². The van der Waals surface area contributed by atoms with E-state index >= 15 is 0 Å². The number of hydrogen-bond donors (Lipinski definition) is 1. The van der Waals surface area contributed by atoms with Crippen molar-refractivity contribution in [3.63, 3.8) is 0 Å². The highest BCUT2D eigenvalue weighted by Gasteiger charge is 2.40. The molecule has 0 aliphatic heterocycles. The van der Waals surface area contributed by atoms with Crippen LogP contribution in [0, 0.1) is 0 Å². The molecule has 1 amide bonds. The smallest absolute Gasteiger partial charge is 0.463 e. The van der Waals surface area contributed by atoms with E-state index in [1.807, 2.05) is 0 Å². The lowest BCUT2D eigenvalue weighted by Crippen LogP contribution is -2.36. The first-order chi connectivity index (χ1) is 7.86. The van der Waals surface area contributed by atoms with Gasteiger partial charge in [-0.1, -0.05) is 0 Å². The predicted octanol–water partition coefficient (Wildman–Crippen LogP) is 1.67. The van der Waals surface area contributed by atoms with Gasteiger partial charge in [0, 0.05) is 5.70 Å². The Kier molecular flexibility index (Phi) is 4.14. The highest BCUT2D eigenvalue weighted by atomic mass is 19.4. The normalized spacial score (nSPS) is 16.0. The second-order valence-corrected chi connectivity index (χ2v) is 3.48. The summed E-state index contributed by atoms with van der Waals surface area (Å²) in [6.45, 7) is 1.74. The van der Waals surface area contributed by atoms with Crippen molar-refractivity contribution in [3.05, 3.63) is 11.3 Å². The zero-order chi connectivity index (χ0) is 13.1. The van der Waals surface area contributed by atoms with E-state index in [-0.39, 0.29) is 24.3 Å². The second kappa shape index (κ2) is 5.20. The monoisotopic (exact) mass is 251 g/mol. The third-order valence-electron chi connectivity index (χ3n) is 2.26. The van der Waals surface area contributed by atoms with Gasteiger partial charge in [0.25, 0.3) is 0 Å². The van der Waals surface area contributed by atoms with Crippen LogP contribution < -0.4 is 5.32 Å². The summed E-state index contributed by atoms with van der Waals surface area (Å²) in [6.07, 6.45) is -3.85. The lowest BCUT2D eigenvalue weighted by Gasteiger charge is -2.10. The minimum atomic E-state index is -4.95. The lowest BCUT2D eigenvalue weighted by atomic mass is 10.2. The average Bonchev–Trinajstić information content (AvgIpc) is 2.64. The molecule has 0 aromatic carbocycles. The van der Waals surface area contributed by atoms with Gasteiger partial charge in [-0.05, 0) is 26.2 Å². The average molecular weight is 251 g/mol. The quantitative estimate of drug-likeness (QED) is 0.776. The third kappa shape index (κ3) is 3.47. The van der Waals surface area contributed by atoms with Crippen molar-refractivity contribution in [1.82, 2.24) is 5.32 Å². The number of allylic oxidation sites excluding steroid dienone is 1. The van der Waals surface area contributed by atoms with Crippen LogP contribution in [0.4, 0.5) is 13.2 Å². The van der Waals surface area contributed by atoms with Gasteiger partial charge in [0.2, 0.25) is 0 Å². The van der Waals surface area contributed by atoms with Crippen molar-refractivity contribution in [2.24, 2.45) is 0 Å². The fourth-order valence-corrected chi connectivity index (χ4v) is 1.53. The molecule has 1 aliphatic carbocycles. The molecular formula is C10H12F3NO3. The Morgan fingerprint density at radius 3 is 2.53 bits per heavy atom. The fourth-order valence-electron chi connectivity index (χ4n) is 1.53. The summed E-state index contributed by atoms with van der Waals surface area (Å²) in [7, 11) is 0. The predicted molar refractivity (Wildman–Crippen MR) is 51.7 cm³/mol. The number of ether oxygens (including phenoxy) is 1. The van der Waals surface area contributed by atoms with E-state index in [4.69, 9.17) is 4.74 Å². The third-order valence-corrected chi connectivity index (χ3v) is 2.26. The summed E-state index contributed by atoms with van der Waals surface area (Å²) in [5, 5.41) is 1.72. The van der Waals surface area contributed by atoms with Crippen LogP contribution in [0.25, 0.3) is 0 Å². The van der Waals surface area contributed by atoms with Crippen LogP contribution >= 0.6 is 0 Å². The van der Waals surface area contributed by atoms with Crippen LogP contribution in [0.5, 0.6) is 0 Å². The van der Waals surface area contributed by atoms with Crippen molar-refractivity contribution in [2.75, 3.05) is 6.61 Å². The molecular weight excluding hydrogens is 239 g/mol. The number of nitrogens with one attached hydrogen (secondary N) is 1. The molecule has 96 valence electrons. The summed E-state index contributed by atoms with van der Waals surface area (Å²) in [5.74, 6) is -2.72. The van der Waals surface area contributed by atoms with Crippen molar-refractivity contribution >= 4 is 11.9 Å². The molecule has 0 heterocycles. The highest BCUT2D eigenvalue weighted by molar-refractivity contribution is 5.92. The number of esters is 1. The highest BCUT2D eigenvalue weighted by Crippen LogP contribution is 2.26. The van der Waals surface area contributed by atoms with Gasteiger partial charge in [0.05, 0.1) is 12.2 Å². The van der Waals surface area contributed by atoms with Gasteiger partial charge < -0.3 is 10.1 Å². The summed E-state index contributed by atoms with van der Waals surface area (Å²) in [6, 6.07) is 0. The van der Waals surface area contributed by atoms with Crippen LogP contribution in [0.1, 0.15) is 26.2 Å². The molecule has 4 nitrogen and oxygen atoms in total. The number of halogens is 3. The topological polar surface area (TPSA) is 55.4 Å². The molecule has 0 spiro atoms. The Bertz CT molecular complexity index is 360. The first-order valence-corrected chi connectivity index (χ1v) is 5.13. The van der Waals surface area contributed by atoms with E-state index < -0.39 is 18.1 Å². The molecule has 0 radical (unpaired) electrons. The molecule has 0 saturated heterocycles. The van der Waals surface area contributed by atoms with Crippen LogP contribution in [-0.4, -0.2) is 24.7 Å². The van der Waals surface area contributed by atoms with Crippen molar-refractivity contribution < 1.29 is 27.5 Å². The van der Waals surface area contributed by atoms with E-state index in [1.165, 1.54) is 0 Å². The van der Waals surface area contributed by atoms with Crippen molar-refractivity contribution in [3.8, 4) is 0 Å². The van der Waals surface area contributed by atoms with Crippen molar-refractivity contribution in [1.29, 1.82) is 0 Å². The van der Waals surface area contributed by atoms with Gasteiger partial charge in [-0.25, -0.2) is 4.79 Å². The van der Waals surface area contributed by atoms with E-state index in [0.717, 1.165) is 0 Å². The molecule has 0 saturated carbocycles. The number of hydrogen-bond acceptors (Lipinski definition) is 3. The Morgan fingerprint density at radius 1 is 1.35 bits per heavy atom. The molecule has 7 heteroatoms. The largest absolute Gasteiger partial charge is 0.471 e. The van der Waals surface area contributed by atoms with Crippen molar-refractivity contribution in [2.45, 2.75) is 32.4 Å². The number of carbonyl (C=O) groups is 2. The minimum absolute atomic E-state index is 0.0192. The number of carbonyl (C=O) groups excluding carboxylic acids is 2. The maximum absolute atomic E-state index is 12.0. The summed E-state index contributed by atoms with van der Waals surface area (Å²) in [5.41, 5.74) is 0.148. The van der Waals surface area contributed by atoms with Gasteiger partial charge in [-0.2, -0.15) is 13.2 Å². The zero-order valence-corrected chi connectivity index (χ0v) is 9.19.